The quantitative estimate of drug-likeness (QED) is 0.758. The van der Waals surface area contributed by atoms with E-state index in [0.29, 0.717) is 13.2 Å². The van der Waals surface area contributed by atoms with Gasteiger partial charge < -0.3 is 14.4 Å². The van der Waals surface area contributed by atoms with E-state index in [1.807, 2.05) is 24.1 Å². The lowest BCUT2D eigenvalue weighted by atomic mass is 10.0. The molecular weight excluding hydrogens is 288 g/mol. The van der Waals surface area contributed by atoms with Crippen LogP contribution in [0.2, 0.25) is 0 Å². The summed E-state index contributed by atoms with van der Waals surface area (Å²) in [5, 5.41) is 3.09. The number of likely N-dealkylation sites (tertiary alicyclic amines) is 1. The van der Waals surface area contributed by atoms with Crippen LogP contribution in [-0.2, 0) is 14.3 Å². The molecule has 5 nitrogen and oxygen atoms in total. The highest BCUT2D eigenvalue weighted by atomic mass is 32.1. The lowest BCUT2D eigenvalue weighted by molar-refractivity contribution is -0.147. The maximum absolute atomic E-state index is 12.6. The number of methoxy groups -OCH3 is 1. The fraction of sp³-hybridized carbons (Fsp3) is 0.733. The topological polar surface area (TPSA) is 51.7 Å². The summed E-state index contributed by atoms with van der Waals surface area (Å²) in [6.07, 6.45) is 2.76. The Balaban J connectivity index is 2.02. The van der Waals surface area contributed by atoms with Crippen molar-refractivity contribution < 1.29 is 14.3 Å². The van der Waals surface area contributed by atoms with Crippen LogP contribution in [-0.4, -0.2) is 48.8 Å². The van der Waals surface area contributed by atoms with Gasteiger partial charge in [0.05, 0.1) is 19.3 Å². The summed E-state index contributed by atoms with van der Waals surface area (Å²) in [5.74, 6) is 0.0589. The molecule has 1 amide bonds. The average molecular weight is 312 g/mol. The van der Waals surface area contributed by atoms with Crippen molar-refractivity contribution in [1.29, 1.82) is 0 Å². The smallest absolute Gasteiger partial charge is 0.252 e. The van der Waals surface area contributed by atoms with Gasteiger partial charge in [0.15, 0.2) is 0 Å². The van der Waals surface area contributed by atoms with Crippen LogP contribution in [0.5, 0.6) is 0 Å². The van der Waals surface area contributed by atoms with E-state index in [2.05, 4.69) is 4.98 Å². The number of rotatable bonds is 6. The Morgan fingerprint density at radius 1 is 1.52 bits per heavy atom. The van der Waals surface area contributed by atoms with E-state index in [1.54, 1.807) is 18.4 Å². The molecule has 0 N–H and O–H groups in total. The van der Waals surface area contributed by atoms with E-state index >= 15 is 0 Å². The largest absolute Gasteiger partial charge is 0.382 e. The molecule has 1 saturated heterocycles. The van der Waals surface area contributed by atoms with Crippen molar-refractivity contribution >= 4 is 17.2 Å². The van der Waals surface area contributed by atoms with Gasteiger partial charge in [0.25, 0.3) is 5.91 Å². The number of carbonyl (C=O) groups excluding carboxylic acids is 1. The zero-order chi connectivity index (χ0) is 15.2. The third kappa shape index (κ3) is 4.25. The van der Waals surface area contributed by atoms with Crippen molar-refractivity contribution in [3.8, 4) is 0 Å². The number of piperidine rings is 1. The summed E-state index contributed by atoms with van der Waals surface area (Å²) in [7, 11) is 1.63. The standard InChI is InChI=1S/C15H24N2O3S/c1-11-10-21-14(16-11)13-6-4-5-7-17(13)15(18)12(2)20-9-8-19-3/h10,12-13H,4-9H2,1-3H3. The normalized spacial score (nSPS) is 20.5. The van der Waals surface area contributed by atoms with Crippen LogP contribution in [0.1, 0.15) is 42.9 Å². The molecule has 0 spiro atoms. The Kier molecular flexibility index (Phi) is 6.14. The van der Waals surface area contributed by atoms with Crippen LogP contribution in [0.25, 0.3) is 0 Å². The maximum Gasteiger partial charge on any atom is 0.252 e. The highest BCUT2D eigenvalue weighted by Crippen LogP contribution is 2.33. The Bertz CT molecular complexity index is 464. The molecular formula is C15H24N2O3S. The fourth-order valence-corrected chi connectivity index (χ4v) is 3.53. The van der Waals surface area contributed by atoms with E-state index in [9.17, 15) is 4.79 Å². The average Bonchev–Trinajstić information content (AvgIpc) is 2.93. The van der Waals surface area contributed by atoms with E-state index in [1.165, 1.54) is 0 Å². The number of nitrogens with zero attached hydrogens (tertiary/aromatic N) is 2. The van der Waals surface area contributed by atoms with Crippen LogP contribution in [0.15, 0.2) is 5.38 Å². The monoisotopic (exact) mass is 312 g/mol. The van der Waals surface area contributed by atoms with Crippen molar-refractivity contribution in [2.45, 2.75) is 45.3 Å². The second-order valence-corrected chi connectivity index (χ2v) is 6.27. The van der Waals surface area contributed by atoms with Gasteiger partial charge in [-0.3, -0.25) is 4.79 Å². The van der Waals surface area contributed by atoms with Crippen LogP contribution >= 0.6 is 11.3 Å². The summed E-state index contributed by atoms with van der Waals surface area (Å²) in [6, 6.07) is 0.110. The highest BCUT2D eigenvalue weighted by molar-refractivity contribution is 7.09. The maximum atomic E-state index is 12.6. The third-order valence-corrected chi connectivity index (χ3v) is 4.77. The fourth-order valence-electron chi connectivity index (χ4n) is 2.59. The van der Waals surface area contributed by atoms with Crippen LogP contribution in [0.4, 0.5) is 0 Å². The van der Waals surface area contributed by atoms with E-state index in [0.717, 1.165) is 36.5 Å². The zero-order valence-corrected chi connectivity index (χ0v) is 13.8. The van der Waals surface area contributed by atoms with Crippen molar-refractivity contribution in [3.05, 3.63) is 16.1 Å². The summed E-state index contributed by atoms with van der Waals surface area (Å²) in [6.45, 7) is 5.55. The molecule has 0 aliphatic carbocycles. The predicted octanol–water partition coefficient (Wildman–Crippen LogP) is 2.56. The second kappa shape index (κ2) is 7.87. The Hall–Kier alpha value is -0.980. The van der Waals surface area contributed by atoms with Crippen LogP contribution < -0.4 is 0 Å². The number of amides is 1. The molecule has 1 aliphatic heterocycles. The molecule has 2 heterocycles. The van der Waals surface area contributed by atoms with Gasteiger partial charge in [0.1, 0.15) is 11.1 Å². The van der Waals surface area contributed by atoms with Gasteiger partial charge in [0.2, 0.25) is 0 Å². The number of ether oxygens (including phenoxy) is 2. The van der Waals surface area contributed by atoms with Gasteiger partial charge in [-0.2, -0.15) is 0 Å². The third-order valence-electron chi connectivity index (χ3n) is 3.71. The zero-order valence-electron chi connectivity index (χ0n) is 13.0. The Morgan fingerprint density at radius 2 is 2.33 bits per heavy atom. The number of hydrogen-bond donors (Lipinski definition) is 0. The van der Waals surface area contributed by atoms with Crippen LogP contribution in [0.3, 0.4) is 0 Å². The van der Waals surface area contributed by atoms with Crippen molar-refractivity contribution in [1.82, 2.24) is 9.88 Å². The van der Waals surface area contributed by atoms with Crippen molar-refractivity contribution in [3.63, 3.8) is 0 Å². The SMILES string of the molecule is COCCOC(C)C(=O)N1CCCCC1c1nc(C)cs1. The van der Waals surface area contributed by atoms with E-state index in [4.69, 9.17) is 9.47 Å². The molecule has 21 heavy (non-hydrogen) atoms. The van der Waals surface area contributed by atoms with Crippen molar-refractivity contribution in [2.24, 2.45) is 0 Å². The Morgan fingerprint density at radius 3 is 3.00 bits per heavy atom. The molecule has 1 aromatic rings. The van der Waals surface area contributed by atoms with Gasteiger partial charge >= 0.3 is 0 Å². The summed E-state index contributed by atoms with van der Waals surface area (Å²) >= 11 is 1.64. The van der Waals surface area contributed by atoms with Gasteiger partial charge in [-0.1, -0.05) is 0 Å². The first-order chi connectivity index (χ1) is 10.1. The number of aromatic nitrogens is 1. The predicted molar refractivity (Wildman–Crippen MR) is 82.4 cm³/mol. The Labute approximate surface area is 130 Å². The summed E-state index contributed by atoms with van der Waals surface area (Å²) < 4.78 is 10.5. The second-order valence-electron chi connectivity index (χ2n) is 5.38. The van der Waals surface area contributed by atoms with E-state index in [-0.39, 0.29) is 11.9 Å². The molecule has 118 valence electrons. The van der Waals surface area contributed by atoms with E-state index < -0.39 is 6.10 Å². The number of thiazole rings is 1. The molecule has 0 aromatic carbocycles. The first kappa shape index (κ1) is 16.4. The molecule has 1 fully saturated rings. The summed E-state index contributed by atoms with van der Waals surface area (Å²) in [5.41, 5.74) is 1.03. The molecule has 1 aromatic heterocycles. The highest BCUT2D eigenvalue weighted by Gasteiger charge is 2.32. The van der Waals surface area contributed by atoms with Gasteiger partial charge in [-0.05, 0) is 33.1 Å². The minimum atomic E-state index is -0.429. The molecule has 0 saturated carbocycles. The summed E-state index contributed by atoms with van der Waals surface area (Å²) in [4.78, 5) is 19.1. The molecule has 2 unspecified atom stereocenters. The van der Waals surface area contributed by atoms with Gasteiger partial charge in [0, 0.05) is 24.7 Å². The molecule has 2 rings (SSSR count). The lowest BCUT2D eigenvalue weighted by Gasteiger charge is -2.36. The number of aryl methyl sites for hydroxylation is 1. The molecule has 6 heteroatoms. The number of carbonyl (C=O) groups is 1. The van der Waals surface area contributed by atoms with Gasteiger partial charge in [-0.15, -0.1) is 11.3 Å². The van der Waals surface area contributed by atoms with Gasteiger partial charge in [-0.25, -0.2) is 4.98 Å². The minimum absolute atomic E-state index is 0.0589. The minimum Gasteiger partial charge on any atom is -0.382 e. The molecule has 0 radical (unpaired) electrons. The van der Waals surface area contributed by atoms with Crippen molar-refractivity contribution in [2.75, 3.05) is 26.9 Å². The lowest BCUT2D eigenvalue weighted by Crippen LogP contribution is -2.44. The first-order valence-electron chi connectivity index (χ1n) is 7.46. The molecule has 2 atom stereocenters. The van der Waals surface area contributed by atoms with Crippen LogP contribution in [0, 0.1) is 6.92 Å². The molecule has 1 aliphatic rings. The molecule has 0 bridgehead atoms. The first-order valence-corrected chi connectivity index (χ1v) is 8.34. The number of hydrogen-bond acceptors (Lipinski definition) is 5.